The molecule has 1 saturated heterocycles. The van der Waals surface area contributed by atoms with Gasteiger partial charge in [-0.15, -0.1) is 0 Å². The molecular formula is C10H20BrNS. The van der Waals surface area contributed by atoms with Crippen LogP contribution in [0.25, 0.3) is 0 Å². The molecule has 0 aromatic heterocycles. The second-order valence-corrected chi connectivity index (χ2v) is 6.33. The first-order valence-electron chi connectivity index (χ1n) is 5.00. The first-order valence-corrected chi connectivity index (χ1v) is 7.28. The summed E-state index contributed by atoms with van der Waals surface area (Å²) in [4.78, 5) is 2.61. The third-order valence-electron chi connectivity index (χ3n) is 2.33. The molecule has 1 aliphatic rings. The van der Waals surface area contributed by atoms with E-state index >= 15 is 0 Å². The van der Waals surface area contributed by atoms with Gasteiger partial charge in [-0.05, 0) is 24.1 Å². The van der Waals surface area contributed by atoms with Gasteiger partial charge in [0.15, 0.2) is 0 Å². The third-order valence-corrected chi connectivity index (χ3v) is 4.89. The molecule has 1 nitrogen and oxygen atoms in total. The standard InChI is InChI=1S/C10H20BrNS/c1-10(2,8-11)9-12-4-3-6-13-7-5-12/h3-9H2,1-2H3. The molecule has 0 bridgehead atoms. The predicted octanol–water partition coefficient (Wildman–Crippen LogP) is 2.85. The normalized spacial score (nSPS) is 21.5. The summed E-state index contributed by atoms with van der Waals surface area (Å²) in [6.45, 7) is 8.48. The Hall–Kier alpha value is 0.790. The van der Waals surface area contributed by atoms with Gasteiger partial charge in [0, 0.05) is 24.2 Å². The van der Waals surface area contributed by atoms with Crippen LogP contribution in [0, 0.1) is 5.41 Å². The van der Waals surface area contributed by atoms with E-state index in [1.807, 2.05) is 0 Å². The Balaban J connectivity index is 2.33. The Morgan fingerprint density at radius 2 is 2.08 bits per heavy atom. The van der Waals surface area contributed by atoms with Crippen LogP contribution in [-0.4, -0.2) is 41.4 Å². The highest BCUT2D eigenvalue weighted by atomic mass is 79.9. The van der Waals surface area contributed by atoms with Crippen molar-refractivity contribution in [2.24, 2.45) is 5.41 Å². The van der Waals surface area contributed by atoms with Crippen molar-refractivity contribution in [2.45, 2.75) is 20.3 Å². The smallest absolute Gasteiger partial charge is 0.00949 e. The van der Waals surface area contributed by atoms with E-state index in [2.05, 4.69) is 46.4 Å². The van der Waals surface area contributed by atoms with Gasteiger partial charge in [-0.1, -0.05) is 29.8 Å². The quantitative estimate of drug-likeness (QED) is 0.723. The maximum atomic E-state index is 3.59. The molecule has 0 atom stereocenters. The zero-order valence-electron chi connectivity index (χ0n) is 8.68. The number of thioether (sulfide) groups is 1. The third kappa shape index (κ3) is 4.71. The van der Waals surface area contributed by atoms with Crippen LogP contribution in [-0.2, 0) is 0 Å². The van der Waals surface area contributed by atoms with E-state index in [0.29, 0.717) is 5.41 Å². The number of hydrogen-bond acceptors (Lipinski definition) is 2. The van der Waals surface area contributed by atoms with E-state index in [0.717, 1.165) is 5.33 Å². The SMILES string of the molecule is CC(C)(CBr)CN1CCCSCC1. The molecule has 0 aromatic carbocycles. The van der Waals surface area contributed by atoms with Crippen molar-refractivity contribution in [1.82, 2.24) is 4.90 Å². The van der Waals surface area contributed by atoms with Gasteiger partial charge in [-0.3, -0.25) is 0 Å². The molecule has 0 saturated carbocycles. The molecule has 13 heavy (non-hydrogen) atoms. The fourth-order valence-corrected chi connectivity index (χ4v) is 2.71. The summed E-state index contributed by atoms with van der Waals surface area (Å²) in [6.07, 6.45) is 1.36. The fourth-order valence-electron chi connectivity index (χ4n) is 1.60. The van der Waals surface area contributed by atoms with Crippen LogP contribution < -0.4 is 0 Å². The maximum Gasteiger partial charge on any atom is 0.00949 e. The summed E-state index contributed by atoms with van der Waals surface area (Å²) >= 11 is 5.69. The topological polar surface area (TPSA) is 3.24 Å². The van der Waals surface area contributed by atoms with E-state index in [4.69, 9.17) is 0 Å². The molecule has 78 valence electrons. The Morgan fingerprint density at radius 3 is 2.77 bits per heavy atom. The number of halogens is 1. The van der Waals surface area contributed by atoms with Crippen LogP contribution in [0.3, 0.4) is 0 Å². The summed E-state index contributed by atoms with van der Waals surface area (Å²) in [5, 5.41) is 1.10. The molecule has 3 heteroatoms. The lowest BCUT2D eigenvalue weighted by molar-refractivity contribution is 0.208. The van der Waals surface area contributed by atoms with Crippen LogP contribution in [0.15, 0.2) is 0 Å². The van der Waals surface area contributed by atoms with Gasteiger partial charge < -0.3 is 4.90 Å². The molecule has 1 rings (SSSR count). The predicted molar refractivity (Wildman–Crippen MR) is 66.0 cm³/mol. The summed E-state index contributed by atoms with van der Waals surface area (Å²) in [5.41, 5.74) is 0.426. The van der Waals surface area contributed by atoms with Gasteiger partial charge in [0.05, 0.1) is 0 Å². The van der Waals surface area contributed by atoms with Crippen LogP contribution in [0.1, 0.15) is 20.3 Å². The summed E-state index contributed by atoms with van der Waals surface area (Å²) in [7, 11) is 0. The minimum Gasteiger partial charge on any atom is -0.302 e. The van der Waals surface area contributed by atoms with Crippen LogP contribution in [0.2, 0.25) is 0 Å². The monoisotopic (exact) mass is 265 g/mol. The van der Waals surface area contributed by atoms with Crippen LogP contribution in [0.4, 0.5) is 0 Å². The van der Waals surface area contributed by atoms with Gasteiger partial charge in [0.1, 0.15) is 0 Å². The highest BCUT2D eigenvalue weighted by Gasteiger charge is 2.20. The highest BCUT2D eigenvalue weighted by Crippen LogP contribution is 2.21. The van der Waals surface area contributed by atoms with E-state index in [1.54, 1.807) is 0 Å². The molecule has 0 aromatic rings. The van der Waals surface area contributed by atoms with Crippen molar-refractivity contribution < 1.29 is 0 Å². The Morgan fingerprint density at radius 1 is 1.31 bits per heavy atom. The van der Waals surface area contributed by atoms with E-state index in [9.17, 15) is 0 Å². The average Bonchev–Trinajstić information content (AvgIpc) is 2.32. The summed E-state index contributed by atoms with van der Waals surface area (Å²) in [6, 6.07) is 0. The van der Waals surface area contributed by atoms with Crippen molar-refractivity contribution >= 4 is 27.7 Å². The molecule has 1 fully saturated rings. The zero-order valence-corrected chi connectivity index (χ0v) is 11.1. The molecule has 0 spiro atoms. The second-order valence-electron chi connectivity index (χ2n) is 4.54. The lowest BCUT2D eigenvalue weighted by Crippen LogP contribution is -2.36. The maximum absolute atomic E-state index is 3.59. The number of alkyl halides is 1. The fraction of sp³-hybridized carbons (Fsp3) is 1.00. The van der Waals surface area contributed by atoms with Crippen molar-refractivity contribution in [2.75, 3.05) is 36.5 Å². The highest BCUT2D eigenvalue weighted by molar-refractivity contribution is 9.09. The van der Waals surface area contributed by atoms with Gasteiger partial charge >= 0.3 is 0 Å². The van der Waals surface area contributed by atoms with Crippen molar-refractivity contribution in [3.8, 4) is 0 Å². The first-order chi connectivity index (χ1) is 6.14. The Kier molecular flexibility index (Phi) is 5.13. The molecule has 0 unspecified atom stereocenters. The molecule has 1 aliphatic heterocycles. The number of rotatable bonds is 3. The molecule has 0 N–H and O–H groups in total. The van der Waals surface area contributed by atoms with Crippen LogP contribution in [0.5, 0.6) is 0 Å². The summed E-state index contributed by atoms with van der Waals surface area (Å²) < 4.78 is 0. The number of hydrogen-bond donors (Lipinski definition) is 0. The van der Waals surface area contributed by atoms with Crippen molar-refractivity contribution in [3.63, 3.8) is 0 Å². The van der Waals surface area contributed by atoms with Gasteiger partial charge in [0.25, 0.3) is 0 Å². The summed E-state index contributed by atoms with van der Waals surface area (Å²) in [5.74, 6) is 2.67. The van der Waals surface area contributed by atoms with Gasteiger partial charge in [0.2, 0.25) is 0 Å². The number of nitrogens with zero attached hydrogens (tertiary/aromatic N) is 1. The van der Waals surface area contributed by atoms with Crippen LogP contribution >= 0.6 is 27.7 Å². The van der Waals surface area contributed by atoms with Gasteiger partial charge in [-0.25, -0.2) is 0 Å². The van der Waals surface area contributed by atoms with Crippen molar-refractivity contribution in [3.05, 3.63) is 0 Å². The molecule has 1 heterocycles. The van der Waals surface area contributed by atoms with E-state index in [1.165, 1.54) is 37.6 Å². The minimum absolute atomic E-state index is 0.426. The minimum atomic E-state index is 0.426. The van der Waals surface area contributed by atoms with E-state index < -0.39 is 0 Å². The van der Waals surface area contributed by atoms with Crippen molar-refractivity contribution in [1.29, 1.82) is 0 Å². The Bertz CT molecular complexity index is 142. The lowest BCUT2D eigenvalue weighted by Gasteiger charge is -2.30. The van der Waals surface area contributed by atoms with E-state index in [-0.39, 0.29) is 0 Å². The zero-order chi connectivity index (χ0) is 9.73. The Labute approximate surface area is 94.8 Å². The lowest BCUT2D eigenvalue weighted by atomic mass is 9.96. The van der Waals surface area contributed by atoms with Gasteiger partial charge in [-0.2, -0.15) is 11.8 Å². The molecule has 0 amide bonds. The molecular weight excluding hydrogens is 246 g/mol. The largest absolute Gasteiger partial charge is 0.302 e. The first kappa shape index (κ1) is 11.9. The average molecular weight is 266 g/mol. The second kappa shape index (κ2) is 5.62. The molecule has 0 radical (unpaired) electrons. The molecule has 0 aliphatic carbocycles.